The smallest absolute Gasteiger partial charge is 0.339 e. The molecule has 44 heteroatoms. The Bertz CT molecular complexity index is 6920. The van der Waals surface area contributed by atoms with Crippen LogP contribution in [-0.4, -0.2) is 99.6 Å². The van der Waals surface area contributed by atoms with E-state index in [0.29, 0.717) is 0 Å². The zero-order chi connectivity index (χ0) is 99.7. The largest absolute Gasteiger partial charge is 0.381 e. The zero-order valence-electron chi connectivity index (χ0n) is 73.8. The van der Waals surface area contributed by atoms with Gasteiger partial charge in [0, 0.05) is 63.8 Å². The van der Waals surface area contributed by atoms with Crippen molar-refractivity contribution in [2.75, 3.05) is 42.5 Å². The third-order valence-electron chi connectivity index (χ3n) is 21.2. The van der Waals surface area contributed by atoms with E-state index in [1.165, 1.54) is 206 Å². The van der Waals surface area contributed by atoms with Crippen molar-refractivity contribution in [3.05, 3.63) is 361 Å². The lowest BCUT2D eigenvalue weighted by Gasteiger charge is -2.37. The minimum Gasteiger partial charge on any atom is -0.381 e. The number of rotatable bonds is 34. The number of carbonyl (C=O) groups excluding carboxylic acids is 4. The molecule has 0 radical (unpaired) electrons. The summed E-state index contributed by atoms with van der Waals surface area (Å²) >= 11 is 0. The molecule has 36 nitrogen and oxygen atoms in total. The molecule has 8 amide bonds. The summed E-state index contributed by atoms with van der Waals surface area (Å²) in [6.45, 7) is 10.3. The summed E-state index contributed by atoms with van der Waals surface area (Å²) in [5.74, 6) is -2.20. The summed E-state index contributed by atoms with van der Waals surface area (Å²) in [6.07, 6.45) is 4.27. The predicted octanol–water partition coefficient (Wildman–Crippen LogP) is 17.7. The van der Waals surface area contributed by atoms with Crippen molar-refractivity contribution in [3.8, 4) is 46.0 Å². The molecule has 720 valence electrons. The molecule has 0 aliphatic heterocycles. The van der Waals surface area contributed by atoms with E-state index in [0.717, 1.165) is 95.1 Å². The third kappa shape index (κ3) is 24.0. The van der Waals surface area contributed by atoms with Crippen LogP contribution in [-0.2, 0) is 80.9 Å². The molecule has 8 N–H and O–H groups in total. The predicted molar refractivity (Wildman–Crippen MR) is 519 cm³/mol. The van der Waals surface area contributed by atoms with Crippen molar-refractivity contribution in [2.45, 2.75) is 82.1 Å². The summed E-state index contributed by atoms with van der Waals surface area (Å²) in [6, 6.07) is 60.4. The Balaban J connectivity index is 0.693. The maximum atomic E-state index is 15.2. The van der Waals surface area contributed by atoms with Crippen LogP contribution in [0, 0.1) is 33.1 Å². The van der Waals surface area contributed by atoms with Crippen LogP contribution in [0.5, 0.6) is 46.0 Å². The van der Waals surface area contributed by atoms with Gasteiger partial charge in [0.25, 0.3) is 8.16 Å². The molecule has 2 aliphatic rings. The average molecular weight is 2040 g/mol. The van der Waals surface area contributed by atoms with Gasteiger partial charge in [-0.3, -0.25) is 0 Å². The van der Waals surface area contributed by atoms with Gasteiger partial charge < -0.3 is 76.0 Å². The standard InChI is InChI=1S/C95H84N8O28S8/c1-63-7-47-85(48-8-63)132(108,109)124-77-31-15-69(16-32-77)96-89(104)100-73-23-39-81(40-24-73)128-136(116,117)94(137(118,119)129-82-41-25-74(26-42-82)101-90(105)97-70-17-33-78(34-18-70)125-133(110,111)86-49-9-64(2)10-50-86)59-55-67(56-60-94)93(5,6)68-57-61-95(62-58-68,138(120,121)130-83-43-27-75(28-44-83)102-91(106)98-71-19-35-79(36-20-71)126-134(112,113)87-51-11-65(3)12-52-87)139(122,123)131-84-45-29-76(30-46-84)103-92(107)99-72-21-37-80(38-22-72)127-135(114,115)88-53-13-66(4)14-54-88/h7-59,61H,60,62H2,1-6H3,(H2,96,100,104)(H2,97,101,105)(H2,98,102,106)(H2,99,103,107). The first-order chi connectivity index (χ1) is 65.6. The van der Waals surface area contributed by atoms with E-state index in [2.05, 4.69) is 42.5 Å². The van der Waals surface area contributed by atoms with E-state index < -0.39 is 154 Å². The fourth-order valence-electron chi connectivity index (χ4n) is 13.5. The van der Waals surface area contributed by atoms with Crippen molar-refractivity contribution in [3.63, 3.8) is 0 Å². The monoisotopic (exact) mass is 2040 g/mol. The molecule has 0 saturated carbocycles. The molecular formula is C95H84N8O28S8. The molecule has 0 bridgehead atoms. The molecule has 0 heterocycles. The van der Waals surface area contributed by atoms with Crippen LogP contribution in [0.3, 0.4) is 0 Å². The summed E-state index contributed by atoms with van der Waals surface area (Å²) in [5, 5.41) is 20.5. The Morgan fingerprint density at radius 1 is 0.230 bits per heavy atom. The van der Waals surface area contributed by atoms with Gasteiger partial charge in [-0.2, -0.15) is 67.3 Å². The van der Waals surface area contributed by atoms with Gasteiger partial charge in [-0.25, -0.2) is 19.2 Å². The van der Waals surface area contributed by atoms with Crippen LogP contribution in [0.15, 0.2) is 358 Å². The van der Waals surface area contributed by atoms with Gasteiger partial charge in [0.15, 0.2) is 0 Å². The molecular weight excluding hydrogens is 1960 g/mol. The highest BCUT2D eigenvalue weighted by atomic mass is 32.3. The Kier molecular flexibility index (Phi) is 28.8. The maximum absolute atomic E-state index is 15.2. The number of urea groups is 4. The van der Waals surface area contributed by atoms with Crippen LogP contribution in [0.25, 0.3) is 0 Å². The van der Waals surface area contributed by atoms with Gasteiger partial charge in [-0.1, -0.05) is 109 Å². The van der Waals surface area contributed by atoms with E-state index in [1.807, 2.05) is 0 Å². The van der Waals surface area contributed by atoms with E-state index in [9.17, 15) is 52.8 Å². The lowest BCUT2D eigenvalue weighted by atomic mass is 9.74. The molecule has 0 aromatic heterocycles. The van der Waals surface area contributed by atoms with Crippen molar-refractivity contribution >= 4 is 151 Å². The second kappa shape index (κ2) is 40.2. The number of anilines is 8. The zero-order valence-corrected chi connectivity index (χ0v) is 80.3. The summed E-state index contributed by atoms with van der Waals surface area (Å²) in [4.78, 5) is 52.8. The van der Waals surface area contributed by atoms with E-state index in [4.69, 9.17) is 33.5 Å². The van der Waals surface area contributed by atoms with Crippen LogP contribution < -0.4 is 76.0 Å². The second-order valence-electron chi connectivity index (χ2n) is 31.7. The van der Waals surface area contributed by atoms with Crippen molar-refractivity contribution in [2.24, 2.45) is 5.41 Å². The minimum atomic E-state index is -5.59. The van der Waals surface area contributed by atoms with Gasteiger partial charge in [0.05, 0.1) is 0 Å². The van der Waals surface area contributed by atoms with E-state index >= 15 is 33.7 Å². The average Bonchev–Trinajstić information content (AvgIpc) is 0.719. The normalized spacial score (nSPS) is 13.8. The quantitative estimate of drug-likeness (QED) is 0.0174. The molecule has 0 spiro atoms. The summed E-state index contributed by atoms with van der Waals surface area (Å²) in [7, 11) is -39.2. The highest BCUT2D eigenvalue weighted by Crippen LogP contribution is 2.49. The Morgan fingerprint density at radius 2 is 0.381 bits per heavy atom. The van der Waals surface area contributed by atoms with Gasteiger partial charge in [0.2, 0.25) is 0 Å². The highest BCUT2D eigenvalue weighted by Gasteiger charge is 2.60. The number of nitrogens with one attached hydrogen (secondary N) is 8. The first-order valence-corrected chi connectivity index (χ1v) is 52.6. The Morgan fingerprint density at radius 3 is 0.525 bits per heavy atom. The van der Waals surface area contributed by atoms with Crippen LogP contribution in [0.2, 0.25) is 0 Å². The number of benzene rings is 12. The molecule has 12 aromatic carbocycles. The Hall–Kier alpha value is -15.3. The van der Waals surface area contributed by atoms with Crippen molar-refractivity contribution in [1.82, 2.24) is 0 Å². The lowest BCUT2D eigenvalue weighted by Crippen LogP contribution is -2.50. The number of aryl methyl sites for hydroxylation is 4. The van der Waals surface area contributed by atoms with Crippen LogP contribution in [0.1, 0.15) is 48.9 Å². The third-order valence-corrected chi connectivity index (χ3v) is 34.9. The molecule has 0 unspecified atom stereocenters. The lowest BCUT2D eigenvalue weighted by molar-refractivity contribution is 0.261. The fraction of sp³-hybridized carbons (Fsp3) is 0.116. The second-order valence-corrected chi connectivity index (χ2v) is 45.6. The van der Waals surface area contributed by atoms with Gasteiger partial charge >= 0.3 is 105 Å². The summed E-state index contributed by atoms with van der Waals surface area (Å²) < 4.78 is 262. The molecule has 12 aromatic rings. The number of allylic oxidation sites excluding steroid dienone is 6. The number of hydrogen-bond acceptors (Lipinski definition) is 28. The number of carbonyl (C=O) groups is 4. The number of hydrogen-bond donors (Lipinski definition) is 8. The molecule has 0 fully saturated rings. The fourth-order valence-corrected chi connectivity index (χ4v) is 23.8. The molecule has 139 heavy (non-hydrogen) atoms. The van der Waals surface area contributed by atoms with Gasteiger partial charge in [-0.05, 0) is 294 Å². The molecule has 2 aliphatic carbocycles. The topological polar surface area (TPSA) is 511 Å². The van der Waals surface area contributed by atoms with Crippen LogP contribution >= 0.6 is 0 Å². The number of amides is 8. The molecule has 0 atom stereocenters. The van der Waals surface area contributed by atoms with Crippen LogP contribution in [0.4, 0.5) is 64.7 Å². The Labute approximate surface area is 801 Å². The van der Waals surface area contributed by atoms with E-state index in [-0.39, 0.29) is 99.2 Å². The van der Waals surface area contributed by atoms with Gasteiger partial charge in [-0.15, -0.1) is 0 Å². The van der Waals surface area contributed by atoms with Gasteiger partial charge in [0.1, 0.15) is 65.6 Å². The van der Waals surface area contributed by atoms with E-state index in [1.54, 1.807) is 90.1 Å². The van der Waals surface area contributed by atoms with Crippen molar-refractivity contribution in [1.29, 1.82) is 0 Å². The SMILES string of the molecule is Cc1ccc(S(=O)(=O)Oc2ccc(NC(=O)Nc3ccc(OS(=O)(=O)C4(S(=O)(=O)Oc5ccc(NC(=O)Nc6ccc(OS(=O)(=O)c7ccc(C)cc7)cc6)cc5)C=CC(C(C)(C)C5=CCC(S(=O)(=O)Oc6ccc(NC(=O)Nc7ccc(OS(=O)(=O)c8ccc(C)cc8)cc7)cc6)(S(=O)(=O)Oc6ccc(NC(=O)Nc7ccc(OS(=O)(=O)c8ccc(C)cc8)cc7)cc6)C=C5)=CC4)cc3)cc2)cc1. The highest BCUT2D eigenvalue weighted by molar-refractivity contribution is 8.07. The summed E-state index contributed by atoms with van der Waals surface area (Å²) in [5.41, 5.74) is 3.11. The minimum absolute atomic E-state index is 0.0553. The maximum Gasteiger partial charge on any atom is 0.339 e. The first kappa shape index (κ1) is 99.6. The first-order valence-electron chi connectivity index (χ1n) is 41.4. The molecule has 0 saturated heterocycles. The van der Waals surface area contributed by atoms with Crippen molar-refractivity contribution < 1.29 is 120 Å². The molecule has 14 rings (SSSR count).